The Hall–Kier alpha value is -3.26. The van der Waals surface area contributed by atoms with E-state index in [0.29, 0.717) is 19.3 Å². The van der Waals surface area contributed by atoms with Crippen molar-refractivity contribution in [3.8, 4) is 0 Å². The first kappa shape index (κ1) is 23.5. The van der Waals surface area contributed by atoms with Crippen molar-refractivity contribution in [1.29, 1.82) is 0 Å². The van der Waals surface area contributed by atoms with Gasteiger partial charge in [0.2, 0.25) is 11.8 Å². The van der Waals surface area contributed by atoms with Crippen LogP contribution in [0, 0.1) is 11.8 Å². The highest BCUT2D eigenvalue weighted by atomic mass is 16.3. The molecule has 1 fully saturated rings. The molecule has 184 valence electrons. The number of pyridine rings is 1. The lowest BCUT2D eigenvalue weighted by Crippen LogP contribution is -2.53. The second kappa shape index (κ2) is 9.07. The smallest absolute Gasteiger partial charge is 0.232 e. The standard InChI is InChI=1S/C27H33N5O3/c1-3-27(4-2)14-22(34)32(26(28)31-27)24(17-9-7-11-29-15-17)19-13-20(19)25(35)30-23-18-10-6-5-8-16(18)12-21(23)33/h5-11,15,19-21,23-24,33H,3-4,12-14H2,1-2H3,(H2,28,31)(H,30,35)/t19-,20-,21-,23-,24-/m1/s1. The summed E-state index contributed by atoms with van der Waals surface area (Å²) in [6, 6.07) is 10.7. The summed E-state index contributed by atoms with van der Waals surface area (Å²) in [6.45, 7) is 4.05. The van der Waals surface area contributed by atoms with Gasteiger partial charge < -0.3 is 16.2 Å². The first-order chi connectivity index (χ1) is 16.9. The SMILES string of the molecule is CCC1(CC)CC(=O)N([C@H](c2cccnc2)[C@@H]2C[C@H]2C(=O)N[C@@H]2c3ccccc3C[C@H]2O)C(N)=N1. The number of aliphatic imine (C=N–C) groups is 1. The van der Waals surface area contributed by atoms with Crippen molar-refractivity contribution >= 4 is 17.8 Å². The largest absolute Gasteiger partial charge is 0.390 e. The number of nitrogens with two attached hydrogens (primary N) is 1. The fourth-order valence-corrected chi connectivity index (χ4v) is 5.80. The second-order valence-corrected chi connectivity index (χ2v) is 10.0. The quantitative estimate of drug-likeness (QED) is 0.569. The highest BCUT2D eigenvalue weighted by Crippen LogP contribution is 2.51. The average molecular weight is 476 g/mol. The Morgan fingerprint density at radius 2 is 2.03 bits per heavy atom. The number of amides is 2. The molecule has 1 aliphatic heterocycles. The molecule has 5 rings (SSSR count). The minimum absolute atomic E-state index is 0.0683. The summed E-state index contributed by atoms with van der Waals surface area (Å²) in [5.41, 5.74) is 8.82. The van der Waals surface area contributed by atoms with Crippen LogP contribution in [0.25, 0.3) is 0 Å². The van der Waals surface area contributed by atoms with E-state index in [0.717, 1.165) is 29.5 Å². The Morgan fingerprint density at radius 1 is 1.26 bits per heavy atom. The van der Waals surface area contributed by atoms with Crippen LogP contribution < -0.4 is 11.1 Å². The Bertz CT molecular complexity index is 1150. The summed E-state index contributed by atoms with van der Waals surface area (Å²) in [5, 5.41) is 13.6. The number of carbonyl (C=O) groups excluding carboxylic acids is 2. The number of nitrogens with one attached hydrogen (secondary N) is 1. The molecule has 1 aromatic carbocycles. The monoisotopic (exact) mass is 475 g/mol. The van der Waals surface area contributed by atoms with Crippen LogP contribution >= 0.6 is 0 Å². The van der Waals surface area contributed by atoms with Crippen LogP contribution in [0.4, 0.5) is 0 Å². The number of carbonyl (C=O) groups is 2. The summed E-state index contributed by atoms with van der Waals surface area (Å²) in [5.74, 6) is -0.362. The van der Waals surface area contributed by atoms with Crippen LogP contribution in [-0.4, -0.2) is 44.4 Å². The molecule has 0 bridgehead atoms. The van der Waals surface area contributed by atoms with Gasteiger partial charge in [-0.1, -0.05) is 44.2 Å². The molecule has 2 aromatic rings. The topological polar surface area (TPSA) is 121 Å². The predicted molar refractivity (Wildman–Crippen MR) is 132 cm³/mol. The second-order valence-electron chi connectivity index (χ2n) is 10.0. The van der Waals surface area contributed by atoms with E-state index in [1.807, 2.05) is 50.2 Å². The van der Waals surface area contributed by atoms with Gasteiger partial charge in [-0.2, -0.15) is 0 Å². The van der Waals surface area contributed by atoms with Crippen molar-refractivity contribution in [2.75, 3.05) is 0 Å². The first-order valence-corrected chi connectivity index (χ1v) is 12.5. The maximum absolute atomic E-state index is 13.4. The third-order valence-corrected chi connectivity index (χ3v) is 8.05. The van der Waals surface area contributed by atoms with Gasteiger partial charge >= 0.3 is 0 Å². The van der Waals surface area contributed by atoms with E-state index < -0.39 is 23.7 Å². The van der Waals surface area contributed by atoms with Gasteiger partial charge in [0.15, 0.2) is 5.96 Å². The Labute approximate surface area is 205 Å². The van der Waals surface area contributed by atoms with Gasteiger partial charge in [0.05, 0.1) is 30.1 Å². The Balaban J connectivity index is 1.39. The minimum Gasteiger partial charge on any atom is -0.390 e. The van der Waals surface area contributed by atoms with E-state index in [1.165, 1.54) is 0 Å². The number of guanidine groups is 1. The molecule has 0 spiro atoms. The molecular formula is C27H33N5O3. The third-order valence-electron chi connectivity index (χ3n) is 8.05. The molecule has 2 heterocycles. The number of nitrogens with zero attached hydrogens (tertiary/aromatic N) is 3. The molecular weight excluding hydrogens is 442 g/mol. The van der Waals surface area contributed by atoms with E-state index in [9.17, 15) is 14.7 Å². The zero-order chi connectivity index (χ0) is 24.7. The fraction of sp³-hybridized carbons (Fsp3) is 0.481. The number of aliphatic hydroxyl groups excluding tert-OH is 1. The lowest BCUT2D eigenvalue weighted by atomic mass is 9.87. The maximum Gasteiger partial charge on any atom is 0.232 e. The van der Waals surface area contributed by atoms with Gasteiger partial charge in [-0.25, -0.2) is 4.99 Å². The summed E-state index contributed by atoms with van der Waals surface area (Å²) < 4.78 is 0. The summed E-state index contributed by atoms with van der Waals surface area (Å²) in [4.78, 5) is 37.3. The summed E-state index contributed by atoms with van der Waals surface area (Å²) in [6.07, 6.45) is 5.69. The summed E-state index contributed by atoms with van der Waals surface area (Å²) >= 11 is 0. The fourth-order valence-electron chi connectivity index (χ4n) is 5.80. The van der Waals surface area contributed by atoms with E-state index >= 15 is 0 Å². The normalized spacial score (nSPS) is 27.7. The van der Waals surface area contributed by atoms with Crippen LogP contribution in [-0.2, 0) is 16.0 Å². The van der Waals surface area contributed by atoms with Crippen molar-refractivity contribution in [2.24, 2.45) is 22.6 Å². The molecule has 0 radical (unpaired) electrons. The Morgan fingerprint density at radius 3 is 2.71 bits per heavy atom. The number of rotatable bonds is 7. The zero-order valence-corrected chi connectivity index (χ0v) is 20.2. The molecule has 2 amide bonds. The average Bonchev–Trinajstić information content (AvgIpc) is 3.59. The van der Waals surface area contributed by atoms with Gasteiger partial charge in [0, 0.05) is 24.7 Å². The molecule has 8 nitrogen and oxygen atoms in total. The molecule has 1 aromatic heterocycles. The predicted octanol–water partition coefficient (Wildman–Crippen LogP) is 2.64. The number of aromatic nitrogens is 1. The van der Waals surface area contributed by atoms with Gasteiger partial charge in [-0.05, 0) is 47.9 Å². The number of hydrogen-bond acceptors (Lipinski definition) is 6. The van der Waals surface area contributed by atoms with Crippen LogP contribution in [0.1, 0.15) is 68.3 Å². The van der Waals surface area contributed by atoms with Crippen molar-refractivity contribution in [3.05, 3.63) is 65.5 Å². The molecule has 1 saturated carbocycles. The van der Waals surface area contributed by atoms with E-state index in [4.69, 9.17) is 10.7 Å². The maximum atomic E-state index is 13.4. The van der Waals surface area contributed by atoms with Gasteiger partial charge in [-0.15, -0.1) is 0 Å². The third kappa shape index (κ3) is 4.20. The van der Waals surface area contributed by atoms with E-state index in [2.05, 4.69) is 10.3 Å². The van der Waals surface area contributed by atoms with E-state index in [-0.39, 0.29) is 29.6 Å². The lowest BCUT2D eigenvalue weighted by molar-refractivity contribution is -0.132. The molecule has 35 heavy (non-hydrogen) atoms. The molecule has 8 heteroatoms. The molecule has 0 unspecified atom stereocenters. The zero-order valence-electron chi connectivity index (χ0n) is 20.2. The molecule has 0 saturated heterocycles. The van der Waals surface area contributed by atoms with Crippen molar-refractivity contribution in [1.82, 2.24) is 15.2 Å². The molecule has 4 N–H and O–H groups in total. The number of benzene rings is 1. The van der Waals surface area contributed by atoms with Gasteiger partial charge in [0.1, 0.15) is 0 Å². The van der Waals surface area contributed by atoms with Gasteiger partial charge in [0.25, 0.3) is 0 Å². The Kier molecular flexibility index (Phi) is 6.09. The highest BCUT2D eigenvalue weighted by molar-refractivity contribution is 5.99. The van der Waals surface area contributed by atoms with Crippen LogP contribution in [0.3, 0.4) is 0 Å². The van der Waals surface area contributed by atoms with Crippen molar-refractivity contribution in [3.63, 3.8) is 0 Å². The molecule has 5 atom stereocenters. The van der Waals surface area contributed by atoms with E-state index in [1.54, 1.807) is 17.3 Å². The first-order valence-electron chi connectivity index (χ1n) is 12.5. The van der Waals surface area contributed by atoms with Gasteiger partial charge in [-0.3, -0.25) is 19.5 Å². The number of aliphatic hydroxyl groups is 1. The molecule has 2 aliphatic carbocycles. The van der Waals surface area contributed by atoms with Crippen LogP contribution in [0.5, 0.6) is 0 Å². The highest BCUT2D eigenvalue weighted by Gasteiger charge is 2.54. The number of fused-ring (bicyclic) bond motifs is 1. The lowest BCUT2D eigenvalue weighted by Gasteiger charge is -2.40. The van der Waals surface area contributed by atoms with Crippen molar-refractivity contribution in [2.45, 2.75) is 69.7 Å². The molecule has 3 aliphatic rings. The van der Waals surface area contributed by atoms with Crippen LogP contribution in [0.2, 0.25) is 0 Å². The van der Waals surface area contributed by atoms with Crippen LogP contribution in [0.15, 0.2) is 53.8 Å². The summed E-state index contributed by atoms with van der Waals surface area (Å²) in [7, 11) is 0. The minimum atomic E-state index is -0.648. The number of hydrogen-bond donors (Lipinski definition) is 3. The van der Waals surface area contributed by atoms with Crippen molar-refractivity contribution < 1.29 is 14.7 Å².